The first-order valence-corrected chi connectivity index (χ1v) is 8.16. The van der Waals surface area contributed by atoms with Crippen molar-refractivity contribution in [2.24, 2.45) is 0 Å². The van der Waals surface area contributed by atoms with Gasteiger partial charge in [-0.3, -0.25) is 5.10 Å². The number of carboxylic acids is 1. The number of hydrogen-bond donors (Lipinski definition) is 1. The van der Waals surface area contributed by atoms with Crippen molar-refractivity contribution in [2.75, 3.05) is 21.3 Å². The first-order chi connectivity index (χ1) is 12.0. The van der Waals surface area contributed by atoms with Crippen LogP contribution in [0.5, 0.6) is 17.2 Å². The number of aryl methyl sites for hydroxylation is 1. The van der Waals surface area contributed by atoms with Gasteiger partial charge in [0.15, 0.2) is 11.5 Å². The number of methoxy groups -OCH3 is 3. The van der Waals surface area contributed by atoms with Crippen molar-refractivity contribution in [3.8, 4) is 17.2 Å². The lowest BCUT2D eigenvalue weighted by Gasteiger charge is -2.13. The van der Waals surface area contributed by atoms with Gasteiger partial charge in [-0.1, -0.05) is 6.92 Å². The number of rotatable bonds is 8. The molecule has 2 rings (SSSR count). The van der Waals surface area contributed by atoms with E-state index in [0.717, 1.165) is 11.8 Å². The molecule has 9 heteroatoms. The Balaban J connectivity index is 2.43. The van der Waals surface area contributed by atoms with Crippen molar-refractivity contribution < 1.29 is 24.1 Å². The first kappa shape index (κ1) is 18.7. The molecule has 0 spiro atoms. The third-order valence-electron chi connectivity index (χ3n) is 3.27. The smallest absolute Gasteiger partial charge is 0.213 e. The van der Waals surface area contributed by atoms with Crippen LogP contribution in [-0.2, 0) is 11.2 Å². The number of aliphatic carboxylic acids is 1. The van der Waals surface area contributed by atoms with Crippen LogP contribution in [0.25, 0.3) is 6.08 Å². The minimum atomic E-state index is -1.34. The van der Waals surface area contributed by atoms with Gasteiger partial charge in [-0.15, -0.1) is 5.10 Å². The van der Waals surface area contributed by atoms with Crippen LogP contribution in [0.15, 0.2) is 22.2 Å². The minimum Gasteiger partial charge on any atom is -0.544 e. The summed E-state index contributed by atoms with van der Waals surface area (Å²) >= 11 is 0.888. The van der Waals surface area contributed by atoms with Gasteiger partial charge in [-0.05, 0) is 23.9 Å². The summed E-state index contributed by atoms with van der Waals surface area (Å²) in [7, 11) is 4.48. The standard InChI is InChI=1S/C16H19N3O5S/c1-5-14-17-16(19-18-14)25-13(15(20)21)7-9-6-11(23-3)12(24-4)8-10(9)22-2/h6-8H,5H2,1-4H3,(H,20,21)(H,17,18,19)/p-1/b13-7-. The number of benzene rings is 1. The van der Waals surface area contributed by atoms with Crippen LogP contribution in [0.4, 0.5) is 0 Å². The van der Waals surface area contributed by atoms with Gasteiger partial charge in [-0.25, -0.2) is 4.98 Å². The summed E-state index contributed by atoms with van der Waals surface area (Å²) in [5.74, 6) is 0.680. The van der Waals surface area contributed by atoms with E-state index in [1.165, 1.54) is 27.4 Å². The van der Waals surface area contributed by atoms with E-state index >= 15 is 0 Å². The molecule has 0 atom stereocenters. The van der Waals surface area contributed by atoms with Gasteiger partial charge in [0.2, 0.25) is 5.16 Å². The molecule has 0 saturated carbocycles. The largest absolute Gasteiger partial charge is 0.544 e. The molecule has 8 nitrogen and oxygen atoms in total. The van der Waals surface area contributed by atoms with Crippen molar-refractivity contribution in [1.29, 1.82) is 0 Å². The van der Waals surface area contributed by atoms with Crippen molar-refractivity contribution in [2.45, 2.75) is 18.5 Å². The topological polar surface area (TPSA) is 109 Å². The summed E-state index contributed by atoms with van der Waals surface area (Å²) in [4.78, 5) is 15.6. The molecule has 0 aliphatic rings. The number of hydrogen-bond acceptors (Lipinski definition) is 8. The molecule has 0 amide bonds. The molecule has 1 aromatic heterocycles. The average Bonchev–Trinajstić information content (AvgIpc) is 3.08. The van der Waals surface area contributed by atoms with E-state index in [-0.39, 0.29) is 4.91 Å². The van der Waals surface area contributed by atoms with E-state index in [1.54, 1.807) is 12.1 Å². The van der Waals surface area contributed by atoms with Gasteiger partial charge in [0.1, 0.15) is 11.6 Å². The van der Waals surface area contributed by atoms with E-state index < -0.39 is 5.97 Å². The molecular weight excluding hydrogens is 346 g/mol. The molecule has 1 heterocycles. The van der Waals surface area contributed by atoms with Crippen molar-refractivity contribution in [1.82, 2.24) is 15.2 Å². The maximum Gasteiger partial charge on any atom is 0.213 e. The summed E-state index contributed by atoms with van der Waals surface area (Å²) in [6.07, 6.45) is 2.09. The molecule has 0 saturated heterocycles. The van der Waals surface area contributed by atoms with Crippen molar-refractivity contribution in [3.05, 3.63) is 28.4 Å². The molecule has 25 heavy (non-hydrogen) atoms. The average molecular weight is 364 g/mol. The second kappa shape index (κ2) is 8.43. The highest BCUT2D eigenvalue weighted by atomic mass is 32.2. The van der Waals surface area contributed by atoms with Crippen LogP contribution in [0.3, 0.4) is 0 Å². The molecule has 2 aromatic rings. The lowest BCUT2D eigenvalue weighted by Crippen LogP contribution is -2.23. The first-order valence-electron chi connectivity index (χ1n) is 7.34. The number of carboxylic acid groups (broad SMARTS) is 1. The number of nitrogens with one attached hydrogen (secondary N) is 1. The number of aromatic amines is 1. The Morgan fingerprint density at radius 1 is 1.20 bits per heavy atom. The van der Waals surface area contributed by atoms with Crippen LogP contribution in [0.2, 0.25) is 0 Å². The molecule has 0 aliphatic carbocycles. The van der Waals surface area contributed by atoms with Gasteiger partial charge in [0, 0.05) is 23.0 Å². The third kappa shape index (κ3) is 4.44. The molecule has 0 unspecified atom stereocenters. The second-order valence-electron chi connectivity index (χ2n) is 4.77. The molecule has 0 radical (unpaired) electrons. The summed E-state index contributed by atoms with van der Waals surface area (Å²) in [6, 6.07) is 3.24. The fourth-order valence-electron chi connectivity index (χ4n) is 2.02. The predicted molar refractivity (Wildman–Crippen MR) is 90.7 cm³/mol. The maximum atomic E-state index is 11.5. The third-order valence-corrected chi connectivity index (χ3v) is 4.14. The monoisotopic (exact) mass is 364 g/mol. The predicted octanol–water partition coefficient (Wildman–Crippen LogP) is 1.28. The Morgan fingerprint density at radius 2 is 1.84 bits per heavy atom. The molecule has 0 aliphatic heterocycles. The zero-order valence-electron chi connectivity index (χ0n) is 14.3. The maximum absolute atomic E-state index is 11.5. The summed E-state index contributed by atoms with van der Waals surface area (Å²) < 4.78 is 15.8. The number of H-pyrrole nitrogens is 1. The fraction of sp³-hybridized carbons (Fsp3) is 0.312. The second-order valence-corrected chi connectivity index (χ2v) is 5.77. The quantitative estimate of drug-likeness (QED) is 0.551. The summed E-state index contributed by atoms with van der Waals surface area (Å²) in [5, 5.41) is 18.5. The fourth-order valence-corrected chi connectivity index (χ4v) is 2.73. The molecule has 0 fully saturated rings. The number of aromatic nitrogens is 3. The van der Waals surface area contributed by atoms with E-state index in [9.17, 15) is 9.90 Å². The Hall–Kier alpha value is -2.68. The van der Waals surface area contributed by atoms with Crippen LogP contribution in [0.1, 0.15) is 18.3 Å². The Labute approximate surface area is 149 Å². The molecule has 0 bridgehead atoms. The zero-order chi connectivity index (χ0) is 18.4. The number of thioether (sulfide) groups is 1. The van der Waals surface area contributed by atoms with Gasteiger partial charge >= 0.3 is 0 Å². The van der Waals surface area contributed by atoms with Crippen LogP contribution in [0, 0.1) is 0 Å². The number of carbonyl (C=O) groups is 1. The van der Waals surface area contributed by atoms with Crippen LogP contribution in [-0.4, -0.2) is 42.5 Å². The molecule has 1 N–H and O–H groups in total. The van der Waals surface area contributed by atoms with E-state index in [0.29, 0.717) is 40.2 Å². The highest BCUT2D eigenvalue weighted by Crippen LogP contribution is 2.37. The van der Waals surface area contributed by atoms with Gasteiger partial charge in [0.25, 0.3) is 0 Å². The van der Waals surface area contributed by atoms with E-state index in [1.807, 2.05) is 6.92 Å². The van der Waals surface area contributed by atoms with Gasteiger partial charge < -0.3 is 24.1 Å². The lowest BCUT2D eigenvalue weighted by atomic mass is 10.1. The van der Waals surface area contributed by atoms with E-state index in [2.05, 4.69) is 15.2 Å². The SMILES string of the molecule is CCc1nc(S/C(=C\c2cc(OC)c(OC)cc2OC)C(=O)[O-])n[nH]1. The lowest BCUT2D eigenvalue weighted by molar-refractivity contribution is -0.297. The van der Waals surface area contributed by atoms with E-state index in [4.69, 9.17) is 14.2 Å². The van der Waals surface area contributed by atoms with Gasteiger partial charge in [-0.2, -0.15) is 0 Å². The molecular formula is C16H18N3O5S-. The number of ether oxygens (including phenoxy) is 3. The Bertz CT molecular complexity index is 788. The minimum absolute atomic E-state index is 0.0628. The van der Waals surface area contributed by atoms with Crippen molar-refractivity contribution >= 4 is 23.8 Å². The van der Waals surface area contributed by atoms with Crippen molar-refractivity contribution in [3.63, 3.8) is 0 Å². The Kier molecular flexibility index (Phi) is 6.29. The van der Waals surface area contributed by atoms with Crippen LogP contribution < -0.4 is 19.3 Å². The highest BCUT2D eigenvalue weighted by molar-refractivity contribution is 8.04. The number of nitrogens with zero attached hydrogens (tertiary/aromatic N) is 2. The molecule has 134 valence electrons. The zero-order valence-corrected chi connectivity index (χ0v) is 15.1. The molecule has 1 aromatic carbocycles. The van der Waals surface area contributed by atoms with Gasteiger partial charge in [0.05, 0.1) is 27.3 Å². The normalized spacial score (nSPS) is 11.3. The van der Waals surface area contributed by atoms with Crippen LogP contribution >= 0.6 is 11.8 Å². The number of carbonyl (C=O) groups excluding carboxylic acids is 1. The highest BCUT2D eigenvalue weighted by Gasteiger charge is 2.13. The Morgan fingerprint density at radius 3 is 2.36 bits per heavy atom. The summed E-state index contributed by atoms with van der Waals surface area (Å²) in [5.41, 5.74) is 0.498. The summed E-state index contributed by atoms with van der Waals surface area (Å²) in [6.45, 7) is 1.92.